The van der Waals surface area contributed by atoms with Crippen molar-refractivity contribution in [2.24, 2.45) is 0 Å². The summed E-state index contributed by atoms with van der Waals surface area (Å²) in [6.07, 6.45) is 0. The van der Waals surface area contributed by atoms with Crippen LogP contribution in [0.4, 0.5) is 0 Å². The highest BCUT2D eigenvalue weighted by Gasteiger charge is 2.08. The zero-order valence-electron chi connectivity index (χ0n) is 7.66. The normalized spacial score (nSPS) is 11.0. The van der Waals surface area contributed by atoms with E-state index in [0.29, 0.717) is 0 Å². The van der Waals surface area contributed by atoms with Crippen molar-refractivity contribution in [1.29, 1.82) is 0 Å². The van der Waals surface area contributed by atoms with E-state index in [4.69, 9.17) is 11.6 Å². The summed E-state index contributed by atoms with van der Waals surface area (Å²) in [4.78, 5) is 0. The van der Waals surface area contributed by atoms with Crippen molar-refractivity contribution in [3.63, 3.8) is 0 Å². The Hall–Kier alpha value is -0.830. The Morgan fingerprint density at radius 3 is 2.87 bits per heavy atom. The second kappa shape index (κ2) is 3.63. The van der Waals surface area contributed by atoms with E-state index >= 15 is 0 Å². The molecular weight excluding hydrogens is 244 g/mol. The third kappa shape index (κ3) is 1.49. The first-order chi connectivity index (χ1) is 7.36. The van der Waals surface area contributed by atoms with Gasteiger partial charge in [-0.1, -0.05) is 23.7 Å². The van der Waals surface area contributed by atoms with Crippen molar-refractivity contribution in [3.05, 3.63) is 45.4 Å². The number of thiophene rings is 2. The first kappa shape index (κ1) is 9.40. The van der Waals surface area contributed by atoms with Gasteiger partial charge in [0.2, 0.25) is 0 Å². The Bertz CT molecular complexity index is 607. The van der Waals surface area contributed by atoms with E-state index in [2.05, 4.69) is 35.0 Å². The Morgan fingerprint density at radius 2 is 2.07 bits per heavy atom. The van der Waals surface area contributed by atoms with Gasteiger partial charge in [-0.3, -0.25) is 0 Å². The van der Waals surface area contributed by atoms with Gasteiger partial charge in [-0.25, -0.2) is 0 Å². The lowest BCUT2D eigenvalue weighted by Gasteiger charge is -2.01. The molecule has 1 radical (unpaired) electrons. The minimum Gasteiger partial charge on any atom is -0.144 e. The van der Waals surface area contributed by atoms with Gasteiger partial charge in [0.15, 0.2) is 0 Å². The number of rotatable bonds is 1. The van der Waals surface area contributed by atoms with Crippen molar-refractivity contribution in [2.45, 2.75) is 0 Å². The molecule has 0 unspecified atom stereocenters. The van der Waals surface area contributed by atoms with Gasteiger partial charge in [0, 0.05) is 21.0 Å². The molecule has 0 atom stereocenters. The van der Waals surface area contributed by atoms with E-state index in [1.165, 1.54) is 27.0 Å². The van der Waals surface area contributed by atoms with Crippen molar-refractivity contribution >= 4 is 44.4 Å². The Kier molecular flexibility index (Phi) is 2.28. The lowest BCUT2D eigenvalue weighted by molar-refractivity contribution is 1.78. The largest absolute Gasteiger partial charge is 0.144 e. The van der Waals surface area contributed by atoms with E-state index in [0.717, 1.165) is 9.90 Å². The number of hydrogen-bond acceptors (Lipinski definition) is 2. The Balaban J connectivity index is 2.36. The summed E-state index contributed by atoms with van der Waals surface area (Å²) in [6.45, 7) is 0. The van der Waals surface area contributed by atoms with Crippen molar-refractivity contribution in [2.75, 3.05) is 0 Å². The van der Waals surface area contributed by atoms with Crippen LogP contribution >= 0.6 is 34.3 Å². The monoisotopic (exact) mass is 249 g/mol. The molecule has 0 amide bonds. The minimum atomic E-state index is 0.814. The van der Waals surface area contributed by atoms with Gasteiger partial charge in [0.25, 0.3) is 0 Å². The summed E-state index contributed by atoms with van der Waals surface area (Å²) in [7, 11) is 0. The quantitative estimate of drug-likeness (QED) is 0.564. The smallest absolute Gasteiger partial charge is 0.101 e. The molecule has 73 valence electrons. The van der Waals surface area contributed by atoms with Crippen LogP contribution in [0.1, 0.15) is 0 Å². The maximum absolute atomic E-state index is 6.13. The van der Waals surface area contributed by atoms with Crippen LogP contribution in [-0.4, -0.2) is 0 Å². The second-order valence-corrected chi connectivity index (χ2v) is 5.59. The van der Waals surface area contributed by atoms with Crippen LogP contribution in [0.3, 0.4) is 0 Å². The molecule has 0 nitrogen and oxygen atoms in total. The standard InChI is InChI=1S/C12H6ClS2/c13-12-10(5-7-15-12)8-2-1-3-11-9(8)4-6-14-11/h1-6H. The predicted octanol–water partition coefficient (Wildman–Crippen LogP) is 5.08. The van der Waals surface area contributed by atoms with Crippen LogP contribution in [0.25, 0.3) is 21.2 Å². The number of fused-ring (bicyclic) bond motifs is 1. The maximum Gasteiger partial charge on any atom is 0.101 e. The molecule has 0 aliphatic carbocycles. The summed E-state index contributed by atoms with van der Waals surface area (Å²) >= 11 is 9.34. The highest BCUT2D eigenvalue weighted by molar-refractivity contribution is 7.17. The number of halogens is 1. The van der Waals surface area contributed by atoms with Gasteiger partial charge in [-0.2, -0.15) is 0 Å². The summed E-state index contributed by atoms with van der Waals surface area (Å²) in [5, 5.41) is 6.45. The first-order valence-electron chi connectivity index (χ1n) is 4.48. The zero-order valence-corrected chi connectivity index (χ0v) is 10.0. The summed E-state index contributed by atoms with van der Waals surface area (Å²) in [5.74, 6) is 0. The molecule has 0 aliphatic rings. The first-order valence-corrected chi connectivity index (χ1v) is 6.55. The van der Waals surface area contributed by atoms with Gasteiger partial charge in [-0.05, 0) is 29.1 Å². The fourth-order valence-electron chi connectivity index (χ4n) is 1.66. The van der Waals surface area contributed by atoms with Crippen LogP contribution in [0.15, 0.2) is 35.7 Å². The van der Waals surface area contributed by atoms with Crippen LogP contribution in [0.2, 0.25) is 4.34 Å². The second-order valence-electron chi connectivity index (χ2n) is 3.19. The molecular formula is C12H6ClS2. The molecule has 0 aliphatic heterocycles. The van der Waals surface area contributed by atoms with Gasteiger partial charge >= 0.3 is 0 Å². The van der Waals surface area contributed by atoms with Crippen molar-refractivity contribution in [1.82, 2.24) is 0 Å². The highest BCUT2D eigenvalue weighted by atomic mass is 35.5. The average Bonchev–Trinajstić information content (AvgIpc) is 2.85. The zero-order chi connectivity index (χ0) is 10.3. The lowest BCUT2D eigenvalue weighted by atomic mass is 10.1. The average molecular weight is 250 g/mol. The maximum atomic E-state index is 6.13. The summed E-state index contributed by atoms with van der Waals surface area (Å²) in [5.41, 5.74) is 2.29. The molecule has 0 fully saturated rings. The summed E-state index contributed by atoms with van der Waals surface area (Å²) in [6, 6.07) is 10.4. The number of hydrogen-bond donors (Lipinski definition) is 0. The highest BCUT2D eigenvalue weighted by Crippen LogP contribution is 2.37. The summed E-state index contributed by atoms with van der Waals surface area (Å²) < 4.78 is 2.11. The SMILES string of the molecule is Clc1s[c]cc1-c1cccc2sccc12. The van der Waals surface area contributed by atoms with E-state index in [1.807, 2.05) is 6.07 Å². The molecule has 15 heavy (non-hydrogen) atoms. The minimum absolute atomic E-state index is 0.814. The molecule has 2 aromatic heterocycles. The molecule has 0 saturated carbocycles. The van der Waals surface area contributed by atoms with E-state index in [1.54, 1.807) is 11.3 Å². The van der Waals surface area contributed by atoms with Gasteiger partial charge < -0.3 is 0 Å². The fourth-order valence-corrected chi connectivity index (χ4v) is 3.33. The molecule has 1 aromatic carbocycles. The molecule has 3 rings (SSSR count). The third-order valence-electron chi connectivity index (χ3n) is 2.35. The van der Waals surface area contributed by atoms with Crippen molar-refractivity contribution in [3.8, 4) is 11.1 Å². The van der Waals surface area contributed by atoms with E-state index in [-0.39, 0.29) is 0 Å². The molecule has 3 aromatic rings. The fraction of sp³-hybridized carbons (Fsp3) is 0. The third-order valence-corrected chi connectivity index (χ3v) is 4.30. The molecule has 0 spiro atoms. The number of benzene rings is 1. The molecule has 2 heterocycles. The topological polar surface area (TPSA) is 0 Å². The van der Waals surface area contributed by atoms with Crippen LogP contribution in [0.5, 0.6) is 0 Å². The predicted molar refractivity (Wildman–Crippen MR) is 69.0 cm³/mol. The van der Waals surface area contributed by atoms with Crippen LogP contribution in [-0.2, 0) is 0 Å². The Morgan fingerprint density at radius 1 is 1.13 bits per heavy atom. The lowest BCUT2D eigenvalue weighted by Crippen LogP contribution is -1.74. The molecule has 3 heteroatoms. The van der Waals surface area contributed by atoms with Gasteiger partial charge in [0.1, 0.15) is 4.34 Å². The van der Waals surface area contributed by atoms with E-state index in [9.17, 15) is 0 Å². The molecule has 0 bridgehead atoms. The van der Waals surface area contributed by atoms with Gasteiger partial charge in [0.05, 0.1) is 0 Å². The van der Waals surface area contributed by atoms with Crippen LogP contribution in [0, 0.1) is 5.38 Å². The van der Waals surface area contributed by atoms with Crippen molar-refractivity contribution < 1.29 is 0 Å². The molecule has 0 N–H and O–H groups in total. The van der Waals surface area contributed by atoms with E-state index < -0.39 is 0 Å². The molecule has 0 saturated heterocycles. The Labute approximate surface area is 101 Å². The van der Waals surface area contributed by atoms with Crippen LogP contribution < -0.4 is 0 Å². The van der Waals surface area contributed by atoms with Gasteiger partial charge in [-0.15, -0.1) is 22.7 Å².